The average Bonchev–Trinajstić information content (AvgIpc) is 2.30. The number of carboxylic acids is 1. The van der Waals surface area contributed by atoms with E-state index in [1.807, 2.05) is 18.2 Å². The Labute approximate surface area is 95.0 Å². The van der Waals surface area contributed by atoms with Crippen molar-refractivity contribution < 1.29 is 14.6 Å². The number of hydrogen-bond donors (Lipinski definition) is 1. The van der Waals surface area contributed by atoms with E-state index >= 15 is 0 Å². The summed E-state index contributed by atoms with van der Waals surface area (Å²) in [4.78, 5) is 10.6. The van der Waals surface area contributed by atoms with Gasteiger partial charge in [-0.25, -0.2) is 0 Å². The molecule has 0 atom stereocenters. The minimum absolute atomic E-state index is 0.108. The smallest absolute Gasteiger partial charge is 0.307 e. The quantitative estimate of drug-likeness (QED) is 0.849. The van der Waals surface area contributed by atoms with Crippen LogP contribution in [0.25, 0.3) is 0 Å². The Kier molecular flexibility index (Phi) is 3.57. The Morgan fingerprint density at radius 3 is 2.81 bits per heavy atom. The third-order valence-corrected chi connectivity index (χ3v) is 3.00. The number of hydrogen-bond acceptors (Lipinski definition) is 2. The third kappa shape index (κ3) is 2.83. The Balaban J connectivity index is 2.11. The van der Waals surface area contributed by atoms with Crippen molar-refractivity contribution in [2.45, 2.75) is 25.2 Å². The zero-order chi connectivity index (χ0) is 11.4. The second-order valence-corrected chi connectivity index (χ2v) is 4.20. The molecule has 0 spiro atoms. The van der Waals surface area contributed by atoms with Crippen LogP contribution in [-0.4, -0.2) is 24.3 Å². The molecule has 3 nitrogen and oxygen atoms in total. The van der Waals surface area contributed by atoms with Gasteiger partial charge in [-0.1, -0.05) is 24.3 Å². The van der Waals surface area contributed by atoms with Crippen molar-refractivity contribution in [1.82, 2.24) is 0 Å². The fraction of sp³-hybridized carbons (Fsp3) is 0.462. The lowest BCUT2D eigenvalue weighted by molar-refractivity contribution is -0.136. The van der Waals surface area contributed by atoms with Crippen molar-refractivity contribution in [2.75, 3.05) is 13.2 Å². The summed E-state index contributed by atoms with van der Waals surface area (Å²) in [6.07, 6.45) is 2.18. The zero-order valence-electron chi connectivity index (χ0n) is 9.19. The van der Waals surface area contributed by atoms with Gasteiger partial charge in [-0.15, -0.1) is 0 Å². The monoisotopic (exact) mass is 220 g/mol. The van der Waals surface area contributed by atoms with Crippen LogP contribution in [0.4, 0.5) is 0 Å². The Hall–Kier alpha value is -1.35. The molecule has 0 radical (unpaired) electrons. The Morgan fingerprint density at radius 2 is 2.12 bits per heavy atom. The van der Waals surface area contributed by atoms with Gasteiger partial charge >= 0.3 is 5.97 Å². The number of rotatable bonds is 3. The predicted molar refractivity (Wildman–Crippen MR) is 60.6 cm³/mol. The zero-order valence-corrected chi connectivity index (χ0v) is 9.19. The molecule has 0 unspecified atom stereocenters. The first kappa shape index (κ1) is 11.1. The summed E-state index contributed by atoms with van der Waals surface area (Å²) in [5.74, 6) is -0.244. The summed E-state index contributed by atoms with van der Waals surface area (Å²) >= 11 is 0. The largest absolute Gasteiger partial charge is 0.481 e. The summed E-state index contributed by atoms with van der Waals surface area (Å²) in [5.41, 5.74) is 2.14. The molecule has 86 valence electrons. The summed E-state index contributed by atoms with van der Waals surface area (Å²) in [7, 11) is 0. The molecule has 2 rings (SSSR count). The van der Waals surface area contributed by atoms with E-state index in [1.54, 1.807) is 0 Å². The summed E-state index contributed by atoms with van der Waals surface area (Å²) in [6, 6.07) is 7.92. The van der Waals surface area contributed by atoms with Gasteiger partial charge in [0.05, 0.1) is 6.42 Å². The topological polar surface area (TPSA) is 46.5 Å². The van der Waals surface area contributed by atoms with E-state index in [1.165, 1.54) is 5.56 Å². The van der Waals surface area contributed by atoms with E-state index in [9.17, 15) is 4.79 Å². The molecule has 3 heteroatoms. The second-order valence-electron chi connectivity index (χ2n) is 4.20. The van der Waals surface area contributed by atoms with Gasteiger partial charge in [-0.3, -0.25) is 4.79 Å². The first-order valence-electron chi connectivity index (χ1n) is 5.64. The van der Waals surface area contributed by atoms with E-state index < -0.39 is 5.97 Å². The van der Waals surface area contributed by atoms with Crippen LogP contribution in [0, 0.1) is 0 Å². The highest BCUT2D eigenvalue weighted by molar-refractivity contribution is 5.70. The lowest BCUT2D eigenvalue weighted by atomic mass is 9.90. The highest BCUT2D eigenvalue weighted by atomic mass is 16.5. The Morgan fingerprint density at radius 1 is 1.38 bits per heavy atom. The lowest BCUT2D eigenvalue weighted by Crippen LogP contribution is -2.14. The van der Waals surface area contributed by atoms with Crippen LogP contribution < -0.4 is 0 Å². The van der Waals surface area contributed by atoms with Crippen molar-refractivity contribution in [3.63, 3.8) is 0 Å². The molecule has 1 aliphatic rings. The maximum Gasteiger partial charge on any atom is 0.307 e. The first-order chi connectivity index (χ1) is 7.75. The molecule has 1 fully saturated rings. The van der Waals surface area contributed by atoms with E-state index in [0.717, 1.165) is 31.6 Å². The number of benzene rings is 1. The van der Waals surface area contributed by atoms with Crippen LogP contribution >= 0.6 is 0 Å². The molecule has 0 saturated carbocycles. The third-order valence-electron chi connectivity index (χ3n) is 3.00. The minimum Gasteiger partial charge on any atom is -0.481 e. The molecule has 1 heterocycles. The Bertz CT molecular complexity index is 367. The fourth-order valence-electron chi connectivity index (χ4n) is 2.16. The molecule has 1 saturated heterocycles. The molecule has 16 heavy (non-hydrogen) atoms. The number of ether oxygens (including phenoxy) is 1. The molecular formula is C13H16O3. The van der Waals surface area contributed by atoms with Crippen molar-refractivity contribution in [1.29, 1.82) is 0 Å². The summed E-state index contributed by atoms with van der Waals surface area (Å²) in [6.45, 7) is 1.63. The lowest BCUT2D eigenvalue weighted by Gasteiger charge is -2.22. The fourth-order valence-corrected chi connectivity index (χ4v) is 2.16. The second kappa shape index (κ2) is 5.12. The number of carbonyl (C=O) groups is 1. The van der Waals surface area contributed by atoms with E-state index in [2.05, 4.69) is 6.07 Å². The predicted octanol–water partition coefficient (Wildman–Crippen LogP) is 2.21. The van der Waals surface area contributed by atoms with Gasteiger partial charge in [0.15, 0.2) is 0 Å². The van der Waals surface area contributed by atoms with Crippen LogP contribution in [0.2, 0.25) is 0 Å². The molecule has 1 aromatic rings. The molecule has 0 aliphatic carbocycles. The van der Waals surface area contributed by atoms with Gasteiger partial charge < -0.3 is 9.84 Å². The summed E-state index contributed by atoms with van der Waals surface area (Å²) < 4.78 is 5.32. The van der Waals surface area contributed by atoms with Crippen molar-refractivity contribution in [3.05, 3.63) is 35.4 Å². The van der Waals surface area contributed by atoms with Crippen LogP contribution in [-0.2, 0) is 16.0 Å². The average molecular weight is 220 g/mol. The van der Waals surface area contributed by atoms with Gasteiger partial charge in [0.2, 0.25) is 0 Å². The van der Waals surface area contributed by atoms with Crippen LogP contribution in [0.5, 0.6) is 0 Å². The van der Waals surface area contributed by atoms with Gasteiger partial charge in [0, 0.05) is 13.2 Å². The van der Waals surface area contributed by atoms with Crippen molar-refractivity contribution in [2.24, 2.45) is 0 Å². The van der Waals surface area contributed by atoms with Crippen molar-refractivity contribution in [3.8, 4) is 0 Å². The van der Waals surface area contributed by atoms with Gasteiger partial charge in [-0.2, -0.15) is 0 Å². The van der Waals surface area contributed by atoms with Gasteiger partial charge in [-0.05, 0) is 29.9 Å². The van der Waals surface area contributed by atoms with E-state index in [0.29, 0.717) is 5.92 Å². The van der Waals surface area contributed by atoms with Crippen LogP contribution in [0.1, 0.15) is 29.9 Å². The highest BCUT2D eigenvalue weighted by Gasteiger charge is 2.16. The molecule has 1 aromatic carbocycles. The minimum atomic E-state index is -0.774. The SMILES string of the molecule is O=C(O)Cc1cccc(C2CCOCC2)c1. The van der Waals surface area contributed by atoms with Gasteiger partial charge in [0.1, 0.15) is 0 Å². The standard InChI is InChI=1S/C13H16O3/c14-13(15)9-10-2-1-3-12(8-10)11-4-6-16-7-5-11/h1-3,8,11H,4-7,9H2,(H,14,15). The van der Waals surface area contributed by atoms with Gasteiger partial charge in [0.25, 0.3) is 0 Å². The molecular weight excluding hydrogens is 204 g/mol. The normalized spacial score (nSPS) is 17.2. The molecule has 1 N–H and O–H groups in total. The molecule has 0 aromatic heterocycles. The maximum atomic E-state index is 10.6. The van der Waals surface area contributed by atoms with E-state index in [4.69, 9.17) is 9.84 Å². The van der Waals surface area contributed by atoms with E-state index in [-0.39, 0.29) is 6.42 Å². The van der Waals surface area contributed by atoms with Crippen LogP contribution in [0.3, 0.4) is 0 Å². The highest BCUT2D eigenvalue weighted by Crippen LogP contribution is 2.27. The number of carboxylic acid groups (broad SMARTS) is 1. The molecule has 0 amide bonds. The molecule has 1 aliphatic heterocycles. The maximum absolute atomic E-state index is 10.6. The molecule has 0 bridgehead atoms. The van der Waals surface area contributed by atoms with Crippen LogP contribution in [0.15, 0.2) is 24.3 Å². The first-order valence-corrected chi connectivity index (χ1v) is 5.64. The summed E-state index contributed by atoms with van der Waals surface area (Å²) in [5, 5.41) is 8.75. The van der Waals surface area contributed by atoms with Crippen molar-refractivity contribution >= 4 is 5.97 Å². The number of aliphatic carboxylic acids is 1.